The van der Waals surface area contributed by atoms with Gasteiger partial charge in [-0.2, -0.15) is 4.58 Å². The molecule has 4 heteroatoms. The first kappa shape index (κ1) is 12.9. The molecule has 0 rings (SSSR count). The van der Waals surface area contributed by atoms with E-state index in [0.29, 0.717) is 11.5 Å². The third-order valence-electron chi connectivity index (χ3n) is 1.69. The highest BCUT2D eigenvalue weighted by molar-refractivity contribution is 5.18. The molecule has 1 unspecified atom stereocenters. The molecule has 0 aliphatic carbocycles. The Balaban J connectivity index is 4.57. The minimum Gasteiger partial charge on any atom is -0.448 e. The Labute approximate surface area is 84.8 Å². The molecule has 4 nitrogen and oxygen atoms in total. The van der Waals surface area contributed by atoms with Crippen LogP contribution in [-0.2, 0) is 9.47 Å². The number of methoxy groups -OCH3 is 2. The van der Waals surface area contributed by atoms with Crippen LogP contribution in [0, 0.1) is 0 Å². The first-order valence-corrected chi connectivity index (χ1v) is 4.20. The Morgan fingerprint density at radius 1 is 1.43 bits per heavy atom. The molecule has 0 spiro atoms. The highest BCUT2D eigenvalue weighted by atomic mass is 16.6. The average molecular weight is 200 g/mol. The average Bonchev–Trinajstić information content (AvgIpc) is 2.16. The molecule has 0 amide bonds. The van der Waals surface area contributed by atoms with Crippen LogP contribution >= 0.6 is 0 Å². The summed E-state index contributed by atoms with van der Waals surface area (Å²) < 4.78 is 11.3. The summed E-state index contributed by atoms with van der Waals surface area (Å²) in [5.41, 5.74) is 0.698. The van der Waals surface area contributed by atoms with Crippen LogP contribution < -0.4 is 0 Å². The van der Waals surface area contributed by atoms with Gasteiger partial charge < -0.3 is 14.6 Å². The van der Waals surface area contributed by atoms with Crippen molar-refractivity contribution in [2.75, 3.05) is 21.3 Å². The third kappa shape index (κ3) is 4.20. The molecule has 0 fully saturated rings. The van der Waals surface area contributed by atoms with Gasteiger partial charge in [0.25, 0.3) is 0 Å². The predicted octanol–water partition coefficient (Wildman–Crippen LogP) is 0.728. The van der Waals surface area contributed by atoms with E-state index in [1.165, 1.54) is 7.11 Å². The SMILES string of the molecule is C=[N+](C)C(=CC=C(C)C(O)OC)OC. The number of ether oxygens (including phenoxy) is 2. The van der Waals surface area contributed by atoms with Crippen molar-refractivity contribution in [1.29, 1.82) is 0 Å². The quantitative estimate of drug-likeness (QED) is 0.234. The zero-order valence-electron chi connectivity index (χ0n) is 9.15. The van der Waals surface area contributed by atoms with Gasteiger partial charge in [0, 0.05) is 7.11 Å². The Bertz CT molecular complexity index is 256. The fraction of sp³-hybridized carbons (Fsp3) is 0.500. The van der Waals surface area contributed by atoms with Crippen LogP contribution in [0.5, 0.6) is 0 Å². The van der Waals surface area contributed by atoms with Crippen LogP contribution in [0.2, 0.25) is 0 Å². The fourth-order valence-electron chi connectivity index (χ4n) is 0.822. The van der Waals surface area contributed by atoms with Crippen molar-refractivity contribution in [2.24, 2.45) is 0 Å². The van der Waals surface area contributed by atoms with Gasteiger partial charge in [-0.25, -0.2) is 0 Å². The van der Waals surface area contributed by atoms with Gasteiger partial charge in [-0.15, -0.1) is 0 Å². The van der Waals surface area contributed by atoms with Gasteiger partial charge in [0.15, 0.2) is 6.29 Å². The van der Waals surface area contributed by atoms with Crippen molar-refractivity contribution in [2.45, 2.75) is 13.2 Å². The van der Waals surface area contributed by atoms with E-state index in [1.54, 1.807) is 37.8 Å². The summed E-state index contributed by atoms with van der Waals surface area (Å²) in [5.74, 6) is 0.604. The molecule has 0 aliphatic rings. The van der Waals surface area contributed by atoms with E-state index >= 15 is 0 Å². The molecular formula is C10H18NO3+. The van der Waals surface area contributed by atoms with Crippen LogP contribution in [0.4, 0.5) is 0 Å². The molecule has 0 radical (unpaired) electrons. The van der Waals surface area contributed by atoms with Crippen molar-refractivity contribution in [3.05, 3.63) is 23.6 Å². The summed E-state index contributed by atoms with van der Waals surface area (Å²) in [4.78, 5) is 0. The fourth-order valence-corrected chi connectivity index (χ4v) is 0.822. The molecule has 0 heterocycles. The van der Waals surface area contributed by atoms with Crippen molar-refractivity contribution in [1.82, 2.24) is 0 Å². The number of aliphatic hydroxyl groups is 1. The van der Waals surface area contributed by atoms with E-state index in [-0.39, 0.29) is 0 Å². The summed E-state index contributed by atoms with van der Waals surface area (Å²) in [6.45, 7) is 5.43. The molecule has 0 saturated heterocycles. The maximum atomic E-state index is 9.26. The van der Waals surface area contributed by atoms with Crippen molar-refractivity contribution < 1.29 is 19.2 Å². The van der Waals surface area contributed by atoms with E-state index < -0.39 is 6.29 Å². The molecule has 1 N–H and O–H groups in total. The van der Waals surface area contributed by atoms with Gasteiger partial charge in [0.05, 0.1) is 13.2 Å². The van der Waals surface area contributed by atoms with E-state index in [9.17, 15) is 5.11 Å². The Morgan fingerprint density at radius 3 is 2.36 bits per heavy atom. The molecule has 0 aromatic carbocycles. The topological polar surface area (TPSA) is 41.7 Å². The number of hydrogen-bond acceptors (Lipinski definition) is 3. The van der Waals surface area contributed by atoms with Gasteiger partial charge in [-0.1, -0.05) is 0 Å². The molecular weight excluding hydrogens is 182 g/mol. The van der Waals surface area contributed by atoms with E-state index in [1.807, 2.05) is 0 Å². The van der Waals surface area contributed by atoms with Crippen molar-refractivity contribution in [3.63, 3.8) is 0 Å². The number of aliphatic hydroxyl groups excluding tert-OH is 1. The lowest BCUT2D eigenvalue weighted by Gasteiger charge is -2.07. The second kappa shape index (κ2) is 6.34. The van der Waals surface area contributed by atoms with Crippen molar-refractivity contribution >= 4 is 6.72 Å². The second-order valence-electron chi connectivity index (χ2n) is 2.91. The second-order valence-corrected chi connectivity index (χ2v) is 2.91. The third-order valence-corrected chi connectivity index (χ3v) is 1.69. The Kier molecular flexibility index (Phi) is 5.83. The van der Waals surface area contributed by atoms with Crippen LogP contribution in [0.1, 0.15) is 6.92 Å². The van der Waals surface area contributed by atoms with E-state index in [4.69, 9.17) is 9.47 Å². The maximum absolute atomic E-state index is 9.26. The van der Waals surface area contributed by atoms with Crippen LogP contribution in [0.3, 0.4) is 0 Å². The van der Waals surface area contributed by atoms with Gasteiger partial charge in [-0.3, -0.25) is 0 Å². The molecule has 0 aromatic rings. The molecule has 0 aromatic heterocycles. The van der Waals surface area contributed by atoms with Crippen LogP contribution in [-0.4, -0.2) is 44.0 Å². The zero-order valence-corrected chi connectivity index (χ0v) is 9.15. The van der Waals surface area contributed by atoms with Gasteiger partial charge in [0.2, 0.25) is 0 Å². The summed E-state index contributed by atoms with van der Waals surface area (Å²) >= 11 is 0. The van der Waals surface area contributed by atoms with E-state index in [2.05, 4.69) is 6.72 Å². The Morgan fingerprint density at radius 2 is 2.00 bits per heavy atom. The normalized spacial score (nSPS) is 15.2. The largest absolute Gasteiger partial charge is 0.448 e. The van der Waals surface area contributed by atoms with E-state index in [0.717, 1.165) is 0 Å². The van der Waals surface area contributed by atoms with Gasteiger partial charge >= 0.3 is 5.88 Å². The minimum absolute atomic E-state index is 0.604. The number of allylic oxidation sites excluding steroid dienone is 2. The Hall–Kier alpha value is -1.13. The first-order chi connectivity index (χ1) is 6.52. The smallest absolute Gasteiger partial charge is 0.366 e. The molecule has 0 bridgehead atoms. The van der Waals surface area contributed by atoms with Crippen LogP contribution in [0.25, 0.3) is 0 Å². The molecule has 0 aliphatic heterocycles. The maximum Gasteiger partial charge on any atom is 0.366 e. The monoisotopic (exact) mass is 200 g/mol. The summed E-state index contributed by atoms with van der Waals surface area (Å²) in [5, 5.41) is 9.26. The zero-order chi connectivity index (χ0) is 11.1. The molecule has 80 valence electrons. The van der Waals surface area contributed by atoms with Crippen molar-refractivity contribution in [3.8, 4) is 0 Å². The number of nitrogens with zero attached hydrogens (tertiary/aromatic N) is 1. The van der Waals surface area contributed by atoms with Gasteiger partial charge in [0.1, 0.15) is 13.8 Å². The summed E-state index contributed by atoms with van der Waals surface area (Å²) in [6, 6.07) is 0. The highest BCUT2D eigenvalue weighted by Gasteiger charge is 2.05. The lowest BCUT2D eigenvalue weighted by molar-refractivity contribution is -0.469. The standard InChI is InChI=1S/C10H18NO3/c1-8(10(12)14-5)6-7-9(13-4)11(2)3/h6-7,10,12H,2H2,1,3-5H3/q+1. The first-order valence-electron chi connectivity index (χ1n) is 4.20. The molecule has 1 atom stereocenters. The number of hydrogen-bond donors (Lipinski definition) is 1. The lowest BCUT2D eigenvalue weighted by atomic mass is 10.2. The minimum atomic E-state index is -0.875. The summed E-state index contributed by atoms with van der Waals surface area (Å²) in [6.07, 6.45) is 2.55. The molecule has 0 saturated carbocycles. The van der Waals surface area contributed by atoms with Gasteiger partial charge in [-0.05, 0) is 18.6 Å². The molecule has 14 heavy (non-hydrogen) atoms. The lowest BCUT2D eigenvalue weighted by Crippen LogP contribution is -2.10. The number of rotatable bonds is 5. The van der Waals surface area contributed by atoms with Crippen LogP contribution in [0.15, 0.2) is 23.6 Å². The predicted molar refractivity (Wildman–Crippen MR) is 55.2 cm³/mol. The highest BCUT2D eigenvalue weighted by Crippen LogP contribution is 2.04. The summed E-state index contributed by atoms with van der Waals surface area (Å²) in [7, 11) is 4.77.